The molecule has 0 radical (unpaired) electrons. The van der Waals surface area contributed by atoms with E-state index >= 15 is 0 Å². The molecular weight excluding hydrogens is 382 g/mol. The molecule has 3 nitrogen and oxygen atoms in total. The Morgan fingerprint density at radius 3 is 1.90 bits per heavy atom. The highest BCUT2D eigenvalue weighted by molar-refractivity contribution is 5.95. The summed E-state index contributed by atoms with van der Waals surface area (Å²) in [4.78, 5) is 12.8. The SMILES string of the molecule is CC(C)(C)c1cc(-c2cccc(C(=O)NCc3ccccc3)c2)cc(C(C)(C)C)c1O. The van der Waals surface area contributed by atoms with Crippen LogP contribution in [-0.4, -0.2) is 11.0 Å². The number of carbonyl (C=O) groups is 1. The molecule has 31 heavy (non-hydrogen) atoms. The van der Waals surface area contributed by atoms with E-state index in [4.69, 9.17) is 0 Å². The van der Waals surface area contributed by atoms with Crippen LogP contribution in [0, 0.1) is 0 Å². The van der Waals surface area contributed by atoms with Gasteiger partial charge in [0.05, 0.1) is 0 Å². The second kappa shape index (κ2) is 8.58. The number of nitrogens with one attached hydrogen (secondary N) is 1. The van der Waals surface area contributed by atoms with Gasteiger partial charge in [-0.15, -0.1) is 0 Å². The Labute approximate surface area is 186 Å². The lowest BCUT2D eigenvalue weighted by Crippen LogP contribution is -2.22. The van der Waals surface area contributed by atoms with Crippen molar-refractivity contribution in [1.29, 1.82) is 0 Å². The zero-order chi connectivity index (χ0) is 22.8. The van der Waals surface area contributed by atoms with Crippen LogP contribution < -0.4 is 5.32 Å². The Balaban J connectivity index is 1.97. The van der Waals surface area contributed by atoms with Crippen LogP contribution in [0.4, 0.5) is 0 Å². The minimum absolute atomic E-state index is 0.100. The third-order valence-corrected chi connectivity index (χ3v) is 5.48. The van der Waals surface area contributed by atoms with Gasteiger partial charge in [-0.1, -0.05) is 84.0 Å². The minimum Gasteiger partial charge on any atom is -0.507 e. The first-order chi connectivity index (χ1) is 14.5. The number of hydrogen-bond acceptors (Lipinski definition) is 2. The van der Waals surface area contributed by atoms with Crippen LogP contribution in [0.1, 0.15) is 68.6 Å². The van der Waals surface area contributed by atoms with Crippen LogP contribution in [0.15, 0.2) is 66.7 Å². The molecule has 0 bridgehead atoms. The number of carbonyl (C=O) groups excluding carboxylic acids is 1. The van der Waals surface area contributed by atoms with E-state index in [1.807, 2.05) is 66.7 Å². The molecular formula is C28H33NO2. The standard InChI is InChI=1S/C28H33NO2/c1-27(2,3)23-16-22(17-24(25(23)30)28(4,5)6)20-13-10-14-21(15-20)26(31)29-18-19-11-8-7-9-12-19/h7-17,30H,18H2,1-6H3,(H,29,31). The van der Waals surface area contributed by atoms with Gasteiger partial charge in [-0.2, -0.15) is 0 Å². The van der Waals surface area contributed by atoms with E-state index in [0.717, 1.165) is 27.8 Å². The molecule has 0 aliphatic heterocycles. The average molecular weight is 416 g/mol. The van der Waals surface area contributed by atoms with Crippen LogP contribution in [0.25, 0.3) is 11.1 Å². The lowest BCUT2D eigenvalue weighted by Gasteiger charge is -2.28. The fourth-order valence-corrected chi connectivity index (χ4v) is 3.66. The van der Waals surface area contributed by atoms with E-state index in [1.54, 1.807) is 0 Å². The molecule has 0 aliphatic rings. The summed E-state index contributed by atoms with van der Waals surface area (Å²) < 4.78 is 0. The molecule has 0 spiro atoms. The molecule has 162 valence electrons. The van der Waals surface area contributed by atoms with E-state index in [2.05, 4.69) is 46.9 Å². The molecule has 2 N–H and O–H groups in total. The van der Waals surface area contributed by atoms with Gasteiger partial charge in [-0.3, -0.25) is 4.79 Å². The van der Waals surface area contributed by atoms with Gasteiger partial charge in [0, 0.05) is 23.2 Å². The Kier molecular flexibility index (Phi) is 6.26. The Morgan fingerprint density at radius 1 is 0.774 bits per heavy atom. The lowest BCUT2D eigenvalue weighted by molar-refractivity contribution is 0.0951. The number of aromatic hydroxyl groups is 1. The van der Waals surface area contributed by atoms with Crippen LogP contribution in [0.2, 0.25) is 0 Å². The third kappa shape index (κ3) is 5.35. The highest BCUT2D eigenvalue weighted by Crippen LogP contribution is 2.42. The fraction of sp³-hybridized carbons (Fsp3) is 0.321. The summed E-state index contributed by atoms with van der Waals surface area (Å²) in [6, 6.07) is 21.7. The van der Waals surface area contributed by atoms with E-state index in [1.165, 1.54) is 0 Å². The van der Waals surface area contributed by atoms with Gasteiger partial charge >= 0.3 is 0 Å². The van der Waals surface area contributed by atoms with Gasteiger partial charge in [0.1, 0.15) is 5.75 Å². The molecule has 0 saturated carbocycles. The van der Waals surface area contributed by atoms with Crippen molar-refractivity contribution in [3.63, 3.8) is 0 Å². The number of benzene rings is 3. The van der Waals surface area contributed by atoms with Crippen molar-refractivity contribution in [1.82, 2.24) is 5.32 Å². The topological polar surface area (TPSA) is 49.3 Å². The van der Waals surface area contributed by atoms with Crippen LogP contribution in [0.3, 0.4) is 0 Å². The zero-order valence-corrected chi connectivity index (χ0v) is 19.4. The highest BCUT2D eigenvalue weighted by Gasteiger charge is 2.26. The van der Waals surface area contributed by atoms with E-state index in [9.17, 15) is 9.90 Å². The zero-order valence-electron chi connectivity index (χ0n) is 19.4. The monoisotopic (exact) mass is 415 g/mol. The number of rotatable bonds is 4. The fourth-order valence-electron chi connectivity index (χ4n) is 3.66. The molecule has 0 saturated heterocycles. The van der Waals surface area contributed by atoms with Gasteiger partial charge < -0.3 is 10.4 Å². The average Bonchev–Trinajstić information content (AvgIpc) is 2.71. The molecule has 1 amide bonds. The molecule has 0 fully saturated rings. The summed E-state index contributed by atoms with van der Waals surface area (Å²) >= 11 is 0. The van der Waals surface area contributed by atoms with Crippen LogP contribution in [-0.2, 0) is 17.4 Å². The maximum atomic E-state index is 12.8. The maximum absolute atomic E-state index is 12.8. The second-order valence-electron chi connectivity index (χ2n) is 10.2. The maximum Gasteiger partial charge on any atom is 0.251 e. The quantitative estimate of drug-likeness (QED) is 0.505. The number of amides is 1. The molecule has 0 atom stereocenters. The van der Waals surface area contributed by atoms with E-state index < -0.39 is 0 Å². The van der Waals surface area contributed by atoms with Crippen LogP contribution in [0.5, 0.6) is 5.75 Å². The summed E-state index contributed by atoms with van der Waals surface area (Å²) in [5.74, 6) is 0.261. The minimum atomic E-state index is -0.204. The smallest absolute Gasteiger partial charge is 0.251 e. The Morgan fingerprint density at radius 2 is 1.35 bits per heavy atom. The summed E-state index contributed by atoms with van der Waals surface area (Å²) in [7, 11) is 0. The number of phenols is 1. The van der Waals surface area contributed by atoms with Gasteiger partial charge in [-0.05, 0) is 51.8 Å². The molecule has 0 aliphatic carbocycles. The summed E-state index contributed by atoms with van der Waals surface area (Å²) in [6.45, 7) is 13.1. The predicted octanol–water partition coefficient (Wildman–Crippen LogP) is 6.58. The largest absolute Gasteiger partial charge is 0.507 e. The van der Waals surface area contributed by atoms with E-state index in [0.29, 0.717) is 17.9 Å². The molecule has 3 heteroatoms. The molecule has 3 aromatic carbocycles. The van der Waals surface area contributed by atoms with Crippen molar-refractivity contribution in [3.05, 3.63) is 89.0 Å². The van der Waals surface area contributed by atoms with Crippen molar-refractivity contribution in [2.75, 3.05) is 0 Å². The summed E-state index contributed by atoms with van der Waals surface area (Å²) in [5.41, 5.74) is 5.07. The summed E-state index contributed by atoms with van der Waals surface area (Å²) in [6.07, 6.45) is 0. The Bertz CT molecular complexity index is 1040. The molecule has 0 aromatic heterocycles. The van der Waals surface area contributed by atoms with Crippen LogP contribution >= 0.6 is 0 Å². The van der Waals surface area contributed by atoms with Crippen molar-refractivity contribution in [3.8, 4) is 16.9 Å². The predicted molar refractivity (Wildman–Crippen MR) is 129 cm³/mol. The van der Waals surface area contributed by atoms with Gasteiger partial charge in [0.25, 0.3) is 5.91 Å². The lowest BCUT2D eigenvalue weighted by atomic mass is 9.77. The molecule has 3 rings (SSSR count). The van der Waals surface area contributed by atoms with Gasteiger partial charge in [-0.25, -0.2) is 0 Å². The van der Waals surface area contributed by atoms with Crippen molar-refractivity contribution < 1.29 is 9.90 Å². The molecule has 0 unspecified atom stereocenters. The number of hydrogen-bond donors (Lipinski definition) is 2. The van der Waals surface area contributed by atoms with Crippen molar-refractivity contribution >= 4 is 5.91 Å². The first-order valence-corrected chi connectivity index (χ1v) is 10.8. The summed E-state index contributed by atoms with van der Waals surface area (Å²) in [5, 5.41) is 14.0. The van der Waals surface area contributed by atoms with E-state index in [-0.39, 0.29) is 16.7 Å². The molecule has 3 aromatic rings. The highest BCUT2D eigenvalue weighted by atomic mass is 16.3. The Hall–Kier alpha value is -3.07. The molecule has 0 heterocycles. The van der Waals surface area contributed by atoms with Gasteiger partial charge in [0.2, 0.25) is 0 Å². The van der Waals surface area contributed by atoms with Crippen molar-refractivity contribution in [2.45, 2.75) is 58.9 Å². The normalized spacial score (nSPS) is 11.9. The second-order valence-corrected chi connectivity index (χ2v) is 10.2. The number of phenolic OH excluding ortho intramolecular Hbond substituents is 1. The first-order valence-electron chi connectivity index (χ1n) is 10.8. The van der Waals surface area contributed by atoms with Crippen molar-refractivity contribution in [2.24, 2.45) is 0 Å². The first kappa shape index (κ1) is 22.6. The third-order valence-electron chi connectivity index (χ3n) is 5.48. The van der Waals surface area contributed by atoms with Gasteiger partial charge in [0.15, 0.2) is 0 Å².